The minimum absolute atomic E-state index is 0.249. The van der Waals surface area contributed by atoms with Gasteiger partial charge in [-0.3, -0.25) is 0 Å². The van der Waals surface area contributed by atoms with Gasteiger partial charge < -0.3 is 9.47 Å². The second-order valence-corrected chi connectivity index (χ2v) is 6.68. The van der Waals surface area contributed by atoms with Crippen molar-refractivity contribution in [2.45, 2.75) is 5.38 Å². The van der Waals surface area contributed by atoms with Crippen LogP contribution < -0.4 is 9.47 Å². The molecule has 0 bridgehead atoms. The predicted octanol–water partition coefficient (Wildman–Crippen LogP) is 5.40. The lowest BCUT2D eigenvalue weighted by molar-refractivity contribution is 0.354. The van der Waals surface area contributed by atoms with Gasteiger partial charge in [0.2, 0.25) is 0 Å². The Balaban J connectivity index is 2.43. The van der Waals surface area contributed by atoms with Crippen LogP contribution in [-0.2, 0) is 0 Å². The summed E-state index contributed by atoms with van der Waals surface area (Å²) in [4.78, 5) is 0. The number of benzene rings is 2. The lowest BCUT2D eigenvalue weighted by Gasteiger charge is -2.16. The van der Waals surface area contributed by atoms with Crippen molar-refractivity contribution in [3.05, 3.63) is 55.6 Å². The van der Waals surface area contributed by atoms with Crippen molar-refractivity contribution in [3.8, 4) is 11.5 Å². The molecule has 2 aromatic carbocycles. The smallest absolute Gasteiger partial charge is 0.161 e. The number of alkyl halides is 1. The van der Waals surface area contributed by atoms with Crippen molar-refractivity contribution in [2.75, 3.05) is 14.2 Å². The third kappa shape index (κ3) is 3.40. The molecular formula is C15H13BrClIO2. The first-order valence-electron chi connectivity index (χ1n) is 5.87. The molecule has 0 aliphatic rings. The first-order chi connectivity index (χ1) is 9.56. The van der Waals surface area contributed by atoms with Crippen LogP contribution >= 0.6 is 50.1 Å². The molecule has 2 rings (SSSR count). The molecule has 2 aromatic rings. The molecule has 20 heavy (non-hydrogen) atoms. The fourth-order valence-electron chi connectivity index (χ4n) is 1.88. The monoisotopic (exact) mass is 466 g/mol. The highest BCUT2D eigenvalue weighted by molar-refractivity contribution is 14.1. The Morgan fingerprint density at radius 3 is 2.15 bits per heavy atom. The van der Waals surface area contributed by atoms with Gasteiger partial charge in [0.15, 0.2) is 11.5 Å². The highest BCUT2D eigenvalue weighted by Crippen LogP contribution is 2.40. The van der Waals surface area contributed by atoms with Gasteiger partial charge in [-0.05, 0) is 58.0 Å². The number of halogens is 3. The zero-order chi connectivity index (χ0) is 14.7. The molecule has 0 amide bonds. The van der Waals surface area contributed by atoms with Crippen LogP contribution in [0.4, 0.5) is 0 Å². The van der Waals surface area contributed by atoms with Gasteiger partial charge in [-0.15, -0.1) is 11.6 Å². The van der Waals surface area contributed by atoms with E-state index in [0.717, 1.165) is 15.6 Å². The van der Waals surface area contributed by atoms with Crippen LogP contribution in [0.25, 0.3) is 0 Å². The van der Waals surface area contributed by atoms with Gasteiger partial charge in [0.1, 0.15) is 0 Å². The third-order valence-electron chi connectivity index (χ3n) is 2.94. The maximum Gasteiger partial charge on any atom is 0.161 e. The Morgan fingerprint density at radius 1 is 1.05 bits per heavy atom. The van der Waals surface area contributed by atoms with Gasteiger partial charge in [-0.25, -0.2) is 0 Å². The van der Waals surface area contributed by atoms with Crippen LogP contribution in [0.1, 0.15) is 16.5 Å². The summed E-state index contributed by atoms with van der Waals surface area (Å²) in [5.41, 5.74) is 1.99. The highest BCUT2D eigenvalue weighted by Gasteiger charge is 2.17. The van der Waals surface area contributed by atoms with Crippen molar-refractivity contribution in [1.29, 1.82) is 0 Å². The summed E-state index contributed by atoms with van der Waals surface area (Å²) in [5, 5.41) is -0.249. The van der Waals surface area contributed by atoms with Crippen LogP contribution in [0.2, 0.25) is 0 Å². The van der Waals surface area contributed by atoms with Crippen molar-refractivity contribution < 1.29 is 9.47 Å². The van der Waals surface area contributed by atoms with Crippen molar-refractivity contribution in [3.63, 3.8) is 0 Å². The van der Waals surface area contributed by atoms with Gasteiger partial charge in [0.05, 0.1) is 19.6 Å². The quantitative estimate of drug-likeness (QED) is 0.443. The van der Waals surface area contributed by atoms with E-state index in [9.17, 15) is 0 Å². The standard InChI is InChI=1S/C15H13BrClIO2/c1-19-13-7-11(12(16)8-14(13)20-2)15(17)9-3-5-10(18)6-4-9/h3-8,15H,1-2H3. The van der Waals surface area contributed by atoms with Crippen LogP contribution in [0.15, 0.2) is 40.9 Å². The summed E-state index contributed by atoms with van der Waals surface area (Å²) in [5.74, 6) is 1.34. The Morgan fingerprint density at radius 2 is 1.60 bits per heavy atom. The molecule has 0 aliphatic heterocycles. The van der Waals surface area contributed by atoms with E-state index in [1.807, 2.05) is 36.4 Å². The largest absolute Gasteiger partial charge is 0.493 e. The maximum absolute atomic E-state index is 6.58. The van der Waals surface area contributed by atoms with Crippen LogP contribution in [0.5, 0.6) is 11.5 Å². The van der Waals surface area contributed by atoms with Gasteiger partial charge in [-0.1, -0.05) is 28.1 Å². The fraction of sp³-hybridized carbons (Fsp3) is 0.200. The Bertz CT molecular complexity index is 602. The van der Waals surface area contributed by atoms with E-state index >= 15 is 0 Å². The van der Waals surface area contributed by atoms with E-state index in [-0.39, 0.29) is 5.38 Å². The van der Waals surface area contributed by atoms with E-state index in [2.05, 4.69) is 38.5 Å². The second kappa shape index (κ2) is 7.00. The molecule has 5 heteroatoms. The topological polar surface area (TPSA) is 18.5 Å². The lowest BCUT2D eigenvalue weighted by atomic mass is 10.0. The third-order valence-corrected chi connectivity index (χ3v) is 4.83. The van der Waals surface area contributed by atoms with Crippen LogP contribution in [0, 0.1) is 3.57 Å². The van der Waals surface area contributed by atoms with Crippen LogP contribution in [0.3, 0.4) is 0 Å². The maximum atomic E-state index is 6.58. The molecule has 0 N–H and O–H groups in total. The molecule has 106 valence electrons. The summed E-state index contributed by atoms with van der Waals surface area (Å²) in [6, 6.07) is 11.9. The highest BCUT2D eigenvalue weighted by atomic mass is 127. The zero-order valence-electron chi connectivity index (χ0n) is 11.0. The summed E-state index contributed by atoms with van der Waals surface area (Å²) < 4.78 is 12.7. The predicted molar refractivity (Wildman–Crippen MR) is 94.1 cm³/mol. The van der Waals surface area contributed by atoms with E-state index in [0.29, 0.717) is 11.5 Å². The zero-order valence-corrected chi connectivity index (χ0v) is 15.5. The molecule has 0 radical (unpaired) electrons. The summed E-state index contributed by atoms with van der Waals surface area (Å²) in [6.07, 6.45) is 0. The van der Waals surface area contributed by atoms with E-state index in [1.54, 1.807) is 14.2 Å². The lowest BCUT2D eigenvalue weighted by Crippen LogP contribution is -1.98. The number of hydrogen-bond donors (Lipinski definition) is 0. The van der Waals surface area contributed by atoms with Gasteiger partial charge in [0.25, 0.3) is 0 Å². The second-order valence-electron chi connectivity index (χ2n) is 4.14. The Kier molecular flexibility index (Phi) is 5.57. The Hall–Kier alpha value is -0.460. The van der Waals surface area contributed by atoms with Gasteiger partial charge >= 0.3 is 0 Å². The molecular weight excluding hydrogens is 454 g/mol. The minimum Gasteiger partial charge on any atom is -0.493 e. The molecule has 1 unspecified atom stereocenters. The normalized spacial score (nSPS) is 12.1. The molecule has 0 aliphatic carbocycles. The SMILES string of the molecule is COc1cc(Br)c(C(Cl)c2ccc(I)cc2)cc1OC. The molecule has 0 saturated carbocycles. The molecule has 0 aromatic heterocycles. The average molecular weight is 468 g/mol. The average Bonchev–Trinajstić information content (AvgIpc) is 2.47. The van der Waals surface area contributed by atoms with Crippen molar-refractivity contribution >= 4 is 50.1 Å². The first kappa shape index (κ1) is 15.9. The molecule has 2 nitrogen and oxygen atoms in total. The number of rotatable bonds is 4. The van der Waals surface area contributed by atoms with Gasteiger partial charge in [-0.2, -0.15) is 0 Å². The van der Waals surface area contributed by atoms with E-state index in [1.165, 1.54) is 3.57 Å². The molecule has 0 heterocycles. The van der Waals surface area contributed by atoms with E-state index < -0.39 is 0 Å². The fourth-order valence-corrected chi connectivity index (χ4v) is 3.24. The Labute approximate surface area is 145 Å². The van der Waals surface area contributed by atoms with Gasteiger partial charge in [0, 0.05) is 8.04 Å². The summed E-state index contributed by atoms with van der Waals surface area (Å²) >= 11 is 12.4. The van der Waals surface area contributed by atoms with Crippen molar-refractivity contribution in [1.82, 2.24) is 0 Å². The van der Waals surface area contributed by atoms with Crippen LogP contribution in [-0.4, -0.2) is 14.2 Å². The number of ether oxygens (including phenoxy) is 2. The summed E-state index contributed by atoms with van der Waals surface area (Å²) in [6.45, 7) is 0. The minimum atomic E-state index is -0.249. The number of methoxy groups -OCH3 is 2. The molecule has 0 fully saturated rings. The molecule has 0 saturated heterocycles. The first-order valence-corrected chi connectivity index (χ1v) is 8.18. The number of hydrogen-bond acceptors (Lipinski definition) is 2. The molecule has 1 atom stereocenters. The molecule has 0 spiro atoms. The van der Waals surface area contributed by atoms with E-state index in [4.69, 9.17) is 21.1 Å². The summed E-state index contributed by atoms with van der Waals surface area (Å²) in [7, 11) is 3.23. The van der Waals surface area contributed by atoms with Crippen molar-refractivity contribution in [2.24, 2.45) is 0 Å².